The summed E-state index contributed by atoms with van der Waals surface area (Å²) in [6.45, 7) is 0.583. The van der Waals surface area contributed by atoms with Gasteiger partial charge in [0.2, 0.25) is 5.91 Å². The summed E-state index contributed by atoms with van der Waals surface area (Å²) in [6.07, 6.45) is 1.58. The Kier molecular flexibility index (Phi) is 6.13. The van der Waals surface area contributed by atoms with Crippen LogP contribution in [0.5, 0.6) is 0 Å². The molecule has 0 aliphatic rings. The molecule has 24 heavy (non-hydrogen) atoms. The fourth-order valence-corrected chi connectivity index (χ4v) is 1.99. The topological polar surface area (TPSA) is 100 Å². The summed E-state index contributed by atoms with van der Waals surface area (Å²) in [6, 6.07) is 10.1. The average Bonchev–Trinajstić information content (AvgIpc) is 3.14. The molecule has 0 radical (unpaired) electrons. The molecule has 1 aromatic heterocycles. The third-order valence-electron chi connectivity index (χ3n) is 3.32. The maximum absolute atomic E-state index is 11.8. The number of hydrogen-bond donors (Lipinski definition) is 3. The molecule has 3 amide bonds. The Morgan fingerprint density at radius 2 is 1.75 bits per heavy atom. The van der Waals surface area contributed by atoms with Gasteiger partial charge in [0, 0.05) is 32.1 Å². The van der Waals surface area contributed by atoms with Crippen molar-refractivity contribution in [3.63, 3.8) is 0 Å². The van der Waals surface area contributed by atoms with Crippen LogP contribution in [0.1, 0.15) is 32.9 Å². The first-order valence-corrected chi connectivity index (χ1v) is 7.49. The van der Waals surface area contributed by atoms with Crippen LogP contribution in [0.15, 0.2) is 47.1 Å². The summed E-state index contributed by atoms with van der Waals surface area (Å²) in [5, 5.41) is 7.90. The summed E-state index contributed by atoms with van der Waals surface area (Å²) in [5.41, 5.74) is 1.45. The molecular formula is C17H19N3O4. The fourth-order valence-electron chi connectivity index (χ4n) is 1.99. The molecule has 1 aromatic carbocycles. The van der Waals surface area contributed by atoms with E-state index in [0.29, 0.717) is 12.1 Å². The van der Waals surface area contributed by atoms with E-state index in [1.54, 1.807) is 43.4 Å². The van der Waals surface area contributed by atoms with Crippen molar-refractivity contribution in [1.29, 1.82) is 0 Å². The standard InChI is InChI=1S/C17H19N3O4/c1-18-16(22)13-6-4-12(5-7-13)11-20-15(21)8-9-19-17(23)14-3-2-10-24-14/h2-7,10H,8-9,11H2,1H3,(H,18,22)(H,19,23)(H,20,21). The highest BCUT2D eigenvalue weighted by Crippen LogP contribution is 2.04. The lowest BCUT2D eigenvalue weighted by atomic mass is 10.1. The van der Waals surface area contributed by atoms with Crippen LogP contribution in [0.4, 0.5) is 0 Å². The molecule has 0 aliphatic heterocycles. The van der Waals surface area contributed by atoms with Gasteiger partial charge in [-0.2, -0.15) is 0 Å². The predicted octanol–water partition coefficient (Wildman–Crippen LogP) is 1.08. The summed E-state index contributed by atoms with van der Waals surface area (Å²) < 4.78 is 4.95. The van der Waals surface area contributed by atoms with E-state index in [4.69, 9.17) is 4.42 Å². The predicted molar refractivity (Wildman–Crippen MR) is 87.3 cm³/mol. The zero-order chi connectivity index (χ0) is 17.4. The Hall–Kier alpha value is -3.09. The molecule has 0 saturated carbocycles. The van der Waals surface area contributed by atoms with E-state index in [0.717, 1.165) is 5.56 Å². The number of carbonyl (C=O) groups excluding carboxylic acids is 3. The van der Waals surface area contributed by atoms with Crippen molar-refractivity contribution in [2.45, 2.75) is 13.0 Å². The van der Waals surface area contributed by atoms with Gasteiger partial charge in [-0.1, -0.05) is 12.1 Å². The van der Waals surface area contributed by atoms with Gasteiger partial charge in [-0.15, -0.1) is 0 Å². The highest BCUT2D eigenvalue weighted by Gasteiger charge is 2.09. The van der Waals surface area contributed by atoms with E-state index in [1.807, 2.05) is 0 Å². The van der Waals surface area contributed by atoms with Gasteiger partial charge in [-0.05, 0) is 29.8 Å². The smallest absolute Gasteiger partial charge is 0.286 e. The van der Waals surface area contributed by atoms with Crippen LogP contribution in [0.3, 0.4) is 0 Å². The summed E-state index contributed by atoms with van der Waals surface area (Å²) >= 11 is 0. The maximum atomic E-state index is 11.8. The molecule has 7 heteroatoms. The molecule has 0 atom stereocenters. The maximum Gasteiger partial charge on any atom is 0.286 e. The molecular weight excluding hydrogens is 310 g/mol. The van der Waals surface area contributed by atoms with Crippen LogP contribution in [0.2, 0.25) is 0 Å². The molecule has 1 heterocycles. The highest BCUT2D eigenvalue weighted by atomic mass is 16.3. The Labute approximate surface area is 139 Å². The first-order valence-electron chi connectivity index (χ1n) is 7.49. The van der Waals surface area contributed by atoms with Gasteiger partial charge >= 0.3 is 0 Å². The molecule has 0 unspecified atom stereocenters. The van der Waals surface area contributed by atoms with E-state index in [1.165, 1.54) is 6.26 Å². The van der Waals surface area contributed by atoms with Gasteiger partial charge in [-0.3, -0.25) is 14.4 Å². The Morgan fingerprint density at radius 3 is 2.38 bits per heavy atom. The van der Waals surface area contributed by atoms with Crippen molar-refractivity contribution in [2.24, 2.45) is 0 Å². The van der Waals surface area contributed by atoms with Crippen LogP contribution in [-0.2, 0) is 11.3 Å². The number of hydrogen-bond acceptors (Lipinski definition) is 4. The largest absolute Gasteiger partial charge is 0.459 e. The quantitative estimate of drug-likeness (QED) is 0.707. The van der Waals surface area contributed by atoms with Gasteiger partial charge < -0.3 is 20.4 Å². The first-order chi connectivity index (χ1) is 11.6. The van der Waals surface area contributed by atoms with Crippen LogP contribution in [-0.4, -0.2) is 31.3 Å². The number of furan rings is 1. The van der Waals surface area contributed by atoms with Crippen molar-refractivity contribution in [3.05, 3.63) is 59.5 Å². The molecule has 0 spiro atoms. The molecule has 2 aromatic rings. The second-order valence-electron chi connectivity index (χ2n) is 5.04. The molecule has 0 fully saturated rings. The monoisotopic (exact) mass is 329 g/mol. The second kappa shape index (κ2) is 8.52. The lowest BCUT2D eigenvalue weighted by Gasteiger charge is -2.07. The van der Waals surface area contributed by atoms with E-state index >= 15 is 0 Å². The molecule has 2 rings (SSSR count). The highest BCUT2D eigenvalue weighted by molar-refractivity contribution is 5.94. The van der Waals surface area contributed by atoms with E-state index in [-0.39, 0.29) is 36.4 Å². The number of benzene rings is 1. The van der Waals surface area contributed by atoms with Crippen LogP contribution < -0.4 is 16.0 Å². The zero-order valence-electron chi connectivity index (χ0n) is 13.3. The number of carbonyl (C=O) groups is 3. The molecule has 0 bridgehead atoms. The van der Waals surface area contributed by atoms with Crippen LogP contribution in [0.25, 0.3) is 0 Å². The fraction of sp³-hybridized carbons (Fsp3) is 0.235. The molecule has 0 saturated heterocycles. The van der Waals surface area contributed by atoms with Crippen molar-refractivity contribution >= 4 is 17.7 Å². The first kappa shape index (κ1) is 17.3. The van der Waals surface area contributed by atoms with Gasteiger partial charge in [0.05, 0.1) is 6.26 Å². The SMILES string of the molecule is CNC(=O)c1ccc(CNC(=O)CCNC(=O)c2ccco2)cc1. The van der Waals surface area contributed by atoms with E-state index in [2.05, 4.69) is 16.0 Å². The summed E-state index contributed by atoms with van der Waals surface area (Å²) in [5.74, 6) is -0.466. The molecule has 126 valence electrons. The van der Waals surface area contributed by atoms with Crippen molar-refractivity contribution in [2.75, 3.05) is 13.6 Å². The number of amides is 3. The molecule has 3 N–H and O–H groups in total. The van der Waals surface area contributed by atoms with Crippen molar-refractivity contribution in [1.82, 2.24) is 16.0 Å². The normalized spacial score (nSPS) is 10.0. The number of rotatable bonds is 7. The summed E-state index contributed by atoms with van der Waals surface area (Å²) in [7, 11) is 1.57. The van der Waals surface area contributed by atoms with Gasteiger partial charge in [0.1, 0.15) is 0 Å². The lowest BCUT2D eigenvalue weighted by molar-refractivity contribution is -0.121. The second-order valence-corrected chi connectivity index (χ2v) is 5.04. The van der Waals surface area contributed by atoms with Crippen LogP contribution in [0, 0.1) is 0 Å². The van der Waals surface area contributed by atoms with Gasteiger partial charge in [-0.25, -0.2) is 0 Å². The van der Waals surface area contributed by atoms with Gasteiger partial charge in [0.15, 0.2) is 5.76 Å². The molecule has 0 aliphatic carbocycles. The number of nitrogens with one attached hydrogen (secondary N) is 3. The minimum atomic E-state index is -0.349. The van der Waals surface area contributed by atoms with E-state index in [9.17, 15) is 14.4 Å². The summed E-state index contributed by atoms with van der Waals surface area (Å²) in [4.78, 5) is 34.8. The Bertz CT molecular complexity index is 693. The minimum absolute atomic E-state index is 0.155. The average molecular weight is 329 g/mol. The van der Waals surface area contributed by atoms with E-state index < -0.39 is 0 Å². The molecule has 7 nitrogen and oxygen atoms in total. The minimum Gasteiger partial charge on any atom is -0.459 e. The van der Waals surface area contributed by atoms with Crippen molar-refractivity contribution in [3.8, 4) is 0 Å². The van der Waals surface area contributed by atoms with Crippen LogP contribution >= 0.6 is 0 Å². The Balaban J connectivity index is 1.69. The Morgan fingerprint density at radius 1 is 1.00 bits per heavy atom. The zero-order valence-corrected chi connectivity index (χ0v) is 13.3. The van der Waals surface area contributed by atoms with Crippen molar-refractivity contribution < 1.29 is 18.8 Å². The lowest BCUT2D eigenvalue weighted by Crippen LogP contribution is -2.30. The third kappa shape index (κ3) is 4.98. The third-order valence-corrected chi connectivity index (χ3v) is 3.32. The van der Waals surface area contributed by atoms with Gasteiger partial charge in [0.25, 0.3) is 11.8 Å².